The molecule has 4 nitrogen and oxygen atoms in total. The summed E-state index contributed by atoms with van der Waals surface area (Å²) in [6.45, 7) is 0. The van der Waals surface area contributed by atoms with E-state index in [4.69, 9.17) is 0 Å². The van der Waals surface area contributed by atoms with Crippen LogP contribution in [0.2, 0.25) is 0 Å². The summed E-state index contributed by atoms with van der Waals surface area (Å²) >= 11 is 0. The van der Waals surface area contributed by atoms with E-state index in [1.54, 1.807) is 48.7 Å². The van der Waals surface area contributed by atoms with Crippen LogP contribution in [-0.4, -0.2) is 17.4 Å². The summed E-state index contributed by atoms with van der Waals surface area (Å²) in [5, 5.41) is 1.53. The highest BCUT2D eigenvalue weighted by Crippen LogP contribution is 2.34. The lowest BCUT2D eigenvalue weighted by Crippen LogP contribution is -2.11. The van der Waals surface area contributed by atoms with Crippen molar-refractivity contribution in [2.75, 3.05) is 0 Å². The Labute approximate surface area is 160 Å². The molecular weight excluding hydrogens is 375 g/mol. The zero-order chi connectivity index (χ0) is 19.3. The average Bonchev–Trinajstić information content (AvgIpc) is 3.30. The van der Waals surface area contributed by atoms with E-state index in [0.717, 1.165) is 27.5 Å². The smallest absolute Gasteiger partial charge is 0.268 e. The third-order valence-corrected chi connectivity index (χ3v) is 6.54. The second kappa shape index (κ2) is 6.07. The molecule has 28 heavy (non-hydrogen) atoms. The van der Waals surface area contributed by atoms with Gasteiger partial charge in [-0.1, -0.05) is 36.4 Å². The Bertz CT molecular complexity index is 1430. The van der Waals surface area contributed by atoms with Crippen molar-refractivity contribution >= 4 is 31.8 Å². The molecule has 0 amide bonds. The van der Waals surface area contributed by atoms with Crippen LogP contribution in [0.3, 0.4) is 0 Å². The molecule has 0 saturated heterocycles. The van der Waals surface area contributed by atoms with E-state index in [1.165, 1.54) is 16.1 Å². The highest BCUT2D eigenvalue weighted by molar-refractivity contribution is 7.90. The van der Waals surface area contributed by atoms with Crippen molar-refractivity contribution < 1.29 is 12.8 Å². The maximum absolute atomic E-state index is 13.6. The van der Waals surface area contributed by atoms with Gasteiger partial charge in [-0.15, -0.1) is 0 Å². The predicted octanol–water partition coefficient (Wildman–Crippen LogP) is 5.17. The molecule has 0 aliphatic carbocycles. The fraction of sp³-hybridized carbons (Fsp3) is 0. The first kappa shape index (κ1) is 16.8. The average molecular weight is 390 g/mol. The standard InChI is InChI=1S/C22H15FN2O2S/c23-16-10-11-20-15(12-16)13-21(24-20)19-14-25(22-9-5-4-8-18(19)22)28(26,27)17-6-2-1-3-7-17/h1-14,24H. The van der Waals surface area contributed by atoms with Gasteiger partial charge in [0, 0.05) is 33.7 Å². The van der Waals surface area contributed by atoms with Crippen molar-refractivity contribution in [1.29, 1.82) is 0 Å². The molecule has 6 heteroatoms. The van der Waals surface area contributed by atoms with Crippen molar-refractivity contribution in [2.45, 2.75) is 4.90 Å². The quantitative estimate of drug-likeness (QED) is 0.462. The Morgan fingerprint density at radius 3 is 2.43 bits per heavy atom. The number of halogens is 1. The van der Waals surface area contributed by atoms with E-state index in [1.807, 2.05) is 24.3 Å². The molecule has 138 valence electrons. The second-order valence-electron chi connectivity index (χ2n) is 6.59. The van der Waals surface area contributed by atoms with Gasteiger partial charge in [-0.2, -0.15) is 0 Å². The number of benzene rings is 3. The SMILES string of the molecule is O=S(=O)(c1ccccc1)n1cc(-c2cc3cc(F)ccc3[nH]2)c2ccccc21. The van der Waals surface area contributed by atoms with Gasteiger partial charge in [0.1, 0.15) is 5.82 Å². The first-order chi connectivity index (χ1) is 13.5. The van der Waals surface area contributed by atoms with Crippen molar-refractivity contribution in [3.05, 3.63) is 90.9 Å². The first-order valence-corrected chi connectivity index (χ1v) is 10.2. The number of aromatic amines is 1. The third-order valence-electron chi connectivity index (χ3n) is 4.85. The van der Waals surface area contributed by atoms with Gasteiger partial charge in [-0.05, 0) is 42.5 Å². The van der Waals surface area contributed by atoms with E-state index in [-0.39, 0.29) is 10.7 Å². The van der Waals surface area contributed by atoms with Crippen LogP contribution in [0.15, 0.2) is 90.0 Å². The molecule has 0 radical (unpaired) electrons. The molecule has 0 unspecified atom stereocenters. The van der Waals surface area contributed by atoms with Crippen molar-refractivity contribution in [2.24, 2.45) is 0 Å². The Morgan fingerprint density at radius 2 is 1.61 bits per heavy atom. The molecule has 0 aliphatic heterocycles. The van der Waals surface area contributed by atoms with E-state index >= 15 is 0 Å². The topological polar surface area (TPSA) is 54.9 Å². The molecule has 1 N–H and O–H groups in total. The van der Waals surface area contributed by atoms with Gasteiger partial charge in [-0.3, -0.25) is 0 Å². The summed E-state index contributed by atoms with van der Waals surface area (Å²) in [6.07, 6.45) is 1.62. The lowest BCUT2D eigenvalue weighted by Gasteiger charge is -2.07. The van der Waals surface area contributed by atoms with Crippen molar-refractivity contribution in [3.8, 4) is 11.3 Å². The van der Waals surface area contributed by atoms with Gasteiger partial charge >= 0.3 is 0 Å². The van der Waals surface area contributed by atoms with E-state index in [2.05, 4.69) is 4.98 Å². The van der Waals surface area contributed by atoms with E-state index in [9.17, 15) is 12.8 Å². The van der Waals surface area contributed by atoms with Crippen LogP contribution in [0, 0.1) is 5.82 Å². The highest BCUT2D eigenvalue weighted by Gasteiger charge is 2.22. The molecule has 2 aromatic heterocycles. The minimum Gasteiger partial charge on any atom is -0.354 e. The monoisotopic (exact) mass is 390 g/mol. The molecule has 0 aliphatic rings. The van der Waals surface area contributed by atoms with Crippen LogP contribution < -0.4 is 0 Å². The molecule has 5 aromatic rings. The maximum atomic E-state index is 13.6. The number of aromatic nitrogens is 2. The Hall–Kier alpha value is -3.38. The number of nitrogens with zero attached hydrogens (tertiary/aromatic N) is 1. The summed E-state index contributed by atoms with van der Waals surface area (Å²) in [5.74, 6) is -0.313. The molecule has 0 spiro atoms. The maximum Gasteiger partial charge on any atom is 0.268 e. The van der Waals surface area contributed by atoms with Gasteiger partial charge in [0.2, 0.25) is 0 Å². The van der Waals surface area contributed by atoms with Gasteiger partial charge in [0.15, 0.2) is 0 Å². The van der Waals surface area contributed by atoms with Crippen LogP contribution >= 0.6 is 0 Å². The Morgan fingerprint density at radius 1 is 0.857 bits per heavy atom. The lowest BCUT2D eigenvalue weighted by atomic mass is 10.1. The van der Waals surface area contributed by atoms with E-state index < -0.39 is 10.0 Å². The largest absolute Gasteiger partial charge is 0.354 e. The highest BCUT2D eigenvalue weighted by atomic mass is 32.2. The van der Waals surface area contributed by atoms with Crippen molar-refractivity contribution in [3.63, 3.8) is 0 Å². The predicted molar refractivity (Wildman–Crippen MR) is 108 cm³/mol. The van der Waals surface area contributed by atoms with Gasteiger partial charge in [0.05, 0.1) is 10.4 Å². The number of nitrogens with one attached hydrogen (secondary N) is 1. The number of fused-ring (bicyclic) bond motifs is 2. The molecule has 2 heterocycles. The van der Waals surface area contributed by atoms with Crippen LogP contribution in [-0.2, 0) is 10.0 Å². The van der Waals surface area contributed by atoms with Crippen LogP contribution in [0.5, 0.6) is 0 Å². The normalized spacial score (nSPS) is 12.0. The summed E-state index contributed by atoms with van der Waals surface area (Å²) in [4.78, 5) is 3.48. The van der Waals surface area contributed by atoms with Crippen LogP contribution in [0.1, 0.15) is 0 Å². The number of H-pyrrole nitrogens is 1. The minimum absolute atomic E-state index is 0.223. The molecule has 0 atom stereocenters. The Kier molecular flexibility index (Phi) is 3.64. The number of hydrogen-bond donors (Lipinski definition) is 1. The van der Waals surface area contributed by atoms with Crippen molar-refractivity contribution in [1.82, 2.24) is 8.96 Å². The summed E-state index contributed by atoms with van der Waals surface area (Å²) in [5.41, 5.74) is 2.86. The first-order valence-electron chi connectivity index (χ1n) is 8.73. The molecule has 0 bridgehead atoms. The summed E-state index contributed by atoms with van der Waals surface area (Å²) in [6, 6.07) is 22.0. The van der Waals surface area contributed by atoms with Crippen LogP contribution in [0.4, 0.5) is 4.39 Å². The fourth-order valence-electron chi connectivity index (χ4n) is 3.52. The Balaban J connectivity index is 1.77. The fourth-order valence-corrected chi connectivity index (χ4v) is 4.91. The molecule has 3 aromatic carbocycles. The van der Waals surface area contributed by atoms with Gasteiger partial charge < -0.3 is 4.98 Å². The lowest BCUT2D eigenvalue weighted by molar-refractivity contribution is 0.589. The molecule has 0 fully saturated rings. The zero-order valence-corrected chi connectivity index (χ0v) is 15.4. The van der Waals surface area contributed by atoms with Crippen LogP contribution in [0.25, 0.3) is 33.1 Å². The molecule has 0 saturated carbocycles. The zero-order valence-electron chi connectivity index (χ0n) is 14.6. The summed E-state index contributed by atoms with van der Waals surface area (Å²) in [7, 11) is -3.75. The molecular formula is C22H15FN2O2S. The van der Waals surface area contributed by atoms with E-state index in [0.29, 0.717) is 5.52 Å². The van der Waals surface area contributed by atoms with Gasteiger partial charge in [-0.25, -0.2) is 16.8 Å². The number of para-hydroxylation sites is 1. The number of rotatable bonds is 3. The minimum atomic E-state index is -3.75. The van der Waals surface area contributed by atoms with Gasteiger partial charge in [0.25, 0.3) is 10.0 Å². The second-order valence-corrected chi connectivity index (χ2v) is 8.40. The molecule has 5 rings (SSSR count). The summed E-state index contributed by atoms with van der Waals surface area (Å²) < 4.78 is 41.3. The number of hydrogen-bond acceptors (Lipinski definition) is 2. The third kappa shape index (κ3) is 2.53.